The SMILES string of the molecule is CN(C)C(=O)C1CCN(c2nc3ccc(Cl)cc3o2)CC1. The number of oxazole rings is 1. The van der Waals surface area contributed by atoms with Crippen molar-refractivity contribution in [3.05, 3.63) is 23.2 Å². The standard InChI is InChI=1S/C15H18ClN3O2/c1-18(2)14(20)10-5-7-19(8-6-10)15-17-12-4-3-11(16)9-13(12)21-15/h3-4,9-10H,5-8H2,1-2H3. The lowest BCUT2D eigenvalue weighted by molar-refractivity contribution is -0.133. The maximum atomic E-state index is 12.0. The van der Waals surface area contributed by atoms with E-state index in [1.165, 1.54) is 0 Å². The van der Waals surface area contributed by atoms with Crippen LogP contribution < -0.4 is 4.90 Å². The van der Waals surface area contributed by atoms with Crippen LogP contribution in [0.15, 0.2) is 22.6 Å². The topological polar surface area (TPSA) is 49.6 Å². The monoisotopic (exact) mass is 307 g/mol. The van der Waals surface area contributed by atoms with Gasteiger partial charge in [0.15, 0.2) is 5.58 Å². The number of rotatable bonds is 2. The minimum atomic E-state index is 0.107. The molecule has 1 aliphatic rings. The van der Waals surface area contributed by atoms with Crippen LogP contribution in [-0.2, 0) is 4.79 Å². The van der Waals surface area contributed by atoms with Crippen molar-refractivity contribution in [2.24, 2.45) is 5.92 Å². The Labute approximate surface area is 128 Å². The summed E-state index contributed by atoms with van der Waals surface area (Å²) in [7, 11) is 3.61. The van der Waals surface area contributed by atoms with E-state index in [1.807, 2.05) is 6.07 Å². The van der Waals surface area contributed by atoms with Crippen molar-refractivity contribution in [3.8, 4) is 0 Å². The second kappa shape index (κ2) is 5.56. The smallest absolute Gasteiger partial charge is 0.298 e. The maximum absolute atomic E-state index is 12.0. The summed E-state index contributed by atoms with van der Waals surface area (Å²) in [6.45, 7) is 1.57. The van der Waals surface area contributed by atoms with E-state index in [4.69, 9.17) is 16.0 Å². The maximum Gasteiger partial charge on any atom is 0.298 e. The second-order valence-corrected chi connectivity index (χ2v) is 6.04. The molecule has 1 fully saturated rings. The van der Waals surface area contributed by atoms with Gasteiger partial charge in [-0.1, -0.05) is 11.6 Å². The highest BCUT2D eigenvalue weighted by molar-refractivity contribution is 6.31. The van der Waals surface area contributed by atoms with Crippen molar-refractivity contribution in [1.29, 1.82) is 0 Å². The fourth-order valence-corrected chi connectivity index (χ4v) is 2.87. The average Bonchev–Trinajstić information content (AvgIpc) is 2.89. The molecule has 2 aromatic rings. The van der Waals surface area contributed by atoms with Gasteiger partial charge >= 0.3 is 0 Å². The Morgan fingerprint density at radius 1 is 1.38 bits per heavy atom. The van der Waals surface area contributed by atoms with Crippen molar-refractivity contribution in [2.75, 3.05) is 32.1 Å². The minimum Gasteiger partial charge on any atom is -0.423 e. The minimum absolute atomic E-state index is 0.107. The predicted octanol–water partition coefficient (Wildman–Crippen LogP) is 2.79. The zero-order valence-electron chi connectivity index (χ0n) is 12.2. The number of hydrogen-bond acceptors (Lipinski definition) is 4. The number of carbonyl (C=O) groups excluding carboxylic acids is 1. The summed E-state index contributed by atoms with van der Waals surface area (Å²) in [6.07, 6.45) is 1.66. The highest BCUT2D eigenvalue weighted by Gasteiger charge is 2.28. The molecule has 3 rings (SSSR count). The van der Waals surface area contributed by atoms with Crippen molar-refractivity contribution in [1.82, 2.24) is 9.88 Å². The lowest BCUT2D eigenvalue weighted by atomic mass is 9.96. The Morgan fingerprint density at radius 2 is 2.10 bits per heavy atom. The number of nitrogens with zero attached hydrogens (tertiary/aromatic N) is 3. The van der Waals surface area contributed by atoms with Crippen LogP contribution in [0.4, 0.5) is 6.01 Å². The molecule has 0 unspecified atom stereocenters. The van der Waals surface area contributed by atoms with Crippen LogP contribution >= 0.6 is 11.6 Å². The van der Waals surface area contributed by atoms with E-state index >= 15 is 0 Å². The summed E-state index contributed by atoms with van der Waals surface area (Å²) in [6, 6.07) is 6.05. The number of fused-ring (bicyclic) bond motifs is 1. The predicted molar refractivity (Wildman–Crippen MR) is 82.7 cm³/mol. The van der Waals surface area contributed by atoms with Gasteiger partial charge in [0.1, 0.15) is 5.52 Å². The van der Waals surface area contributed by atoms with Gasteiger partial charge in [0.05, 0.1) is 0 Å². The zero-order chi connectivity index (χ0) is 15.0. The molecule has 0 N–H and O–H groups in total. The first-order valence-corrected chi connectivity index (χ1v) is 7.44. The van der Waals surface area contributed by atoms with Crippen LogP contribution in [0.5, 0.6) is 0 Å². The Balaban J connectivity index is 1.72. The number of halogens is 1. The average molecular weight is 308 g/mol. The number of carbonyl (C=O) groups is 1. The molecular weight excluding hydrogens is 290 g/mol. The molecule has 1 aromatic carbocycles. The number of aromatic nitrogens is 1. The van der Waals surface area contributed by atoms with Crippen LogP contribution in [0.3, 0.4) is 0 Å². The van der Waals surface area contributed by atoms with Crippen LogP contribution in [0.2, 0.25) is 5.02 Å². The Kier molecular flexibility index (Phi) is 3.76. The molecule has 5 nitrogen and oxygen atoms in total. The van der Waals surface area contributed by atoms with E-state index in [2.05, 4.69) is 9.88 Å². The normalized spacial score (nSPS) is 16.4. The molecule has 1 saturated heterocycles. The van der Waals surface area contributed by atoms with E-state index in [0.29, 0.717) is 16.6 Å². The van der Waals surface area contributed by atoms with Crippen molar-refractivity contribution in [3.63, 3.8) is 0 Å². The fraction of sp³-hybridized carbons (Fsp3) is 0.467. The Morgan fingerprint density at radius 3 is 2.76 bits per heavy atom. The van der Waals surface area contributed by atoms with Gasteiger partial charge < -0.3 is 14.2 Å². The van der Waals surface area contributed by atoms with Crippen molar-refractivity contribution in [2.45, 2.75) is 12.8 Å². The molecule has 112 valence electrons. The first kappa shape index (κ1) is 14.2. The van der Waals surface area contributed by atoms with E-state index in [0.717, 1.165) is 31.4 Å². The third-order valence-electron chi connectivity index (χ3n) is 3.89. The highest BCUT2D eigenvalue weighted by Crippen LogP contribution is 2.28. The first-order chi connectivity index (χ1) is 10.0. The fourth-order valence-electron chi connectivity index (χ4n) is 2.70. The molecule has 0 spiro atoms. The third-order valence-corrected chi connectivity index (χ3v) is 4.13. The van der Waals surface area contributed by atoms with Gasteiger partial charge in [0, 0.05) is 44.2 Å². The lowest BCUT2D eigenvalue weighted by Gasteiger charge is -2.31. The highest BCUT2D eigenvalue weighted by atomic mass is 35.5. The number of hydrogen-bond donors (Lipinski definition) is 0. The van der Waals surface area contributed by atoms with E-state index in [-0.39, 0.29) is 11.8 Å². The summed E-state index contributed by atoms with van der Waals surface area (Å²) in [5.41, 5.74) is 1.50. The van der Waals surface area contributed by atoms with Crippen LogP contribution in [0, 0.1) is 5.92 Å². The number of anilines is 1. The summed E-state index contributed by atoms with van der Waals surface area (Å²) in [5.74, 6) is 0.314. The van der Waals surface area contributed by atoms with Crippen LogP contribution in [-0.4, -0.2) is 43.0 Å². The van der Waals surface area contributed by atoms with E-state index in [9.17, 15) is 4.79 Å². The van der Waals surface area contributed by atoms with Crippen molar-refractivity contribution >= 4 is 34.6 Å². The molecular formula is C15H18ClN3O2. The molecule has 0 aliphatic carbocycles. The van der Waals surface area contributed by atoms with Gasteiger partial charge in [-0.2, -0.15) is 4.98 Å². The Bertz CT molecular complexity index is 660. The zero-order valence-corrected chi connectivity index (χ0v) is 12.9. The number of piperidine rings is 1. The van der Waals surface area contributed by atoms with E-state index < -0.39 is 0 Å². The van der Waals surface area contributed by atoms with Gasteiger partial charge in [0.25, 0.3) is 6.01 Å². The van der Waals surface area contributed by atoms with Crippen molar-refractivity contribution < 1.29 is 9.21 Å². The molecule has 0 radical (unpaired) electrons. The molecule has 0 bridgehead atoms. The lowest BCUT2D eigenvalue weighted by Crippen LogP contribution is -2.40. The molecule has 0 atom stereocenters. The molecule has 6 heteroatoms. The molecule has 1 amide bonds. The van der Waals surface area contributed by atoms with Gasteiger partial charge in [-0.15, -0.1) is 0 Å². The number of benzene rings is 1. The van der Waals surface area contributed by atoms with Gasteiger partial charge in [-0.05, 0) is 25.0 Å². The van der Waals surface area contributed by atoms with Gasteiger partial charge in [-0.3, -0.25) is 4.79 Å². The first-order valence-electron chi connectivity index (χ1n) is 7.07. The van der Waals surface area contributed by atoms with Crippen LogP contribution in [0.1, 0.15) is 12.8 Å². The Hall–Kier alpha value is -1.75. The molecule has 0 saturated carbocycles. The number of amides is 1. The summed E-state index contributed by atoms with van der Waals surface area (Å²) >= 11 is 5.95. The summed E-state index contributed by atoms with van der Waals surface area (Å²) in [4.78, 5) is 20.2. The third kappa shape index (κ3) is 2.83. The summed E-state index contributed by atoms with van der Waals surface area (Å²) < 4.78 is 5.77. The van der Waals surface area contributed by atoms with Gasteiger partial charge in [-0.25, -0.2) is 0 Å². The van der Waals surface area contributed by atoms with E-state index in [1.54, 1.807) is 31.1 Å². The molecule has 2 heterocycles. The second-order valence-electron chi connectivity index (χ2n) is 5.60. The molecule has 21 heavy (non-hydrogen) atoms. The van der Waals surface area contributed by atoms with Crippen LogP contribution in [0.25, 0.3) is 11.1 Å². The van der Waals surface area contributed by atoms with Gasteiger partial charge in [0.2, 0.25) is 5.91 Å². The molecule has 1 aliphatic heterocycles. The summed E-state index contributed by atoms with van der Waals surface area (Å²) in [5, 5.41) is 0.639. The molecule has 1 aromatic heterocycles. The quantitative estimate of drug-likeness (QED) is 0.856. The largest absolute Gasteiger partial charge is 0.423 e.